The van der Waals surface area contributed by atoms with Gasteiger partial charge in [0.2, 0.25) is 5.91 Å². The molecule has 7 nitrogen and oxygen atoms in total. The molecule has 138 valence electrons. The third kappa shape index (κ3) is 4.29. The highest BCUT2D eigenvalue weighted by atomic mass is 16.2. The van der Waals surface area contributed by atoms with E-state index in [0.29, 0.717) is 31.2 Å². The maximum Gasteiger partial charge on any atom is 0.271 e. The molecule has 7 heteroatoms. The Bertz CT molecular complexity index is 771. The van der Waals surface area contributed by atoms with E-state index < -0.39 is 0 Å². The van der Waals surface area contributed by atoms with E-state index in [1.807, 2.05) is 37.3 Å². The summed E-state index contributed by atoms with van der Waals surface area (Å²) in [6.07, 6.45) is 1.81. The number of aryl methyl sites for hydroxylation is 1. The zero-order valence-electron chi connectivity index (χ0n) is 15.0. The summed E-state index contributed by atoms with van der Waals surface area (Å²) in [4.78, 5) is 33.6. The summed E-state index contributed by atoms with van der Waals surface area (Å²) in [6, 6.07) is 9.71. The molecule has 0 aliphatic carbocycles. The number of aromatic amines is 1. The number of aromatic nitrogens is 2. The number of carbonyl (C=O) groups excluding carboxylic acids is 2. The SMILES string of the molecule is Cc1[nH]c(-c2ccccc2)nc1C(=O)NCCN1CCC[C@H](C(N)=O)C1. The van der Waals surface area contributed by atoms with Crippen LogP contribution in [-0.4, -0.2) is 52.9 Å². The lowest BCUT2D eigenvalue weighted by Gasteiger charge is -2.30. The van der Waals surface area contributed by atoms with E-state index in [4.69, 9.17) is 5.73 Å². The first-order valence-electron chi connectivity index (χ1n) is 8.96. The van der Waals surface area contributed by atoms with Crippen LogP contribution in [0.5, 0.6) is 0 Å². The van der Waals surface area contributed by atoms with Crippen LogP contribution in [0.15, 0.2) is 30.3 Å². The fourth-order valence-corrected chi connectivity index (χ4v) is 3.32. The van der Waals surface area contributed by atoms with Crippen LogP contribution in [0.1, 0.15) is 29.0 Å². The van der Waals surface area contributed by atoms with Crippen LogP contribution in [-0.2, 0) is 4.79 Å². The van der Waals surface area contributed by atoms with Gasteiger partial charge in [-0.25, -0.2) is 4.98 Å². The van der Waals surface area contributed by atoms with Gasteiger partial charge in [0.05, 0.1) is 5.92 Å². The Hall–Kier alpha value is -2.67. The first-order chi connectivity index (χ1) is 12.5. The summed E-state index contributed by atoms with van der Waals surface area (Å²) in [5, 5.41) is 2.92. The average molecular weight is 355 g/mol. The number of nitrogens with one attached hydrogen (secondary N) is 2. The molecule has 2 amide bonds. The molecule has 1 aromatic carbocycles. The largest absolute Gasteiger partial charge is 0.369 e. The third-order valence-corrected chi connectivity index (χ3v) is 4.77. The van der Waals surface area contributed by atoms with Crippen molar-refractivity contribution in [3.05, 3.63) is 41.7 Å². The van der Waals surface area contributed by atoms with Gasteiger partial charge in [-0.2, -0.15) is 0 Å². The Balaban J connectivity index is 1.54. The molecule has 1 aliphatic rings. The van der Waals surface area contributed by atoms with Gasteiger partial charge >= 0.3 is 0 Å². The van der Waals surface area contributed by atoms with Crippen LogP contribution >= 0.6 is 0 Å². The summed E-state index contributed by atoms with van der Waals surface area (Å²) in [6.45, 7) is 4.66. The summed E-state index contributed by atoms with van der Waals surface area (Å²) in [5.74, 6) is 0.179. The Morgan fingerprint density at radius 1 is 1.35 bits per heavy atom. The van der Waals surface area contributed by atoms with Gasteiger partial charge in [-0.15, -0.1) is 0 Å². The lowest BCUT2D eigenvalue weighted by molar-refractivity contribution is -0.123. The van der Waals surface area contributed by atoms with Gasteiger partial charge in [0.25, 0.3) is 5.91 Å². The number of benzene rings is 1. The molecule has 4 N–H and O–H groups in total. The smallest absolute Gasteiger partial charge is 0.271 e. The zero-order chi connectivity index (χ0) is 18.5. The van der Waals surface area contributed by atoms with Gasteiger partial charge in [0.15, 0.2) is 0 Å². The number of likely N-dealkylation sites (tertiary alicyclic amines) is 1. The van der Waals surface area contributed by atoms with Crippen molar-refractivity contribution in [2.45, 2.75) is 19.8 Å². The van der Waals surface area contributed by atoms with Crippen molar-refractivity contribution < 1.29 is 9.59 Å². The number of hydrogen-bond donors (Lipinski definition) is 3. The number of piperidine rings is 1. The van der Waals surface area contributed by atoms with Crippen molar-refractivity contribution in [2.24, 2.45) is 11.7 Å². The fourth-order valence-electron chi connectivity index (χ4n) is 3.32. The van der Waals surface area contributed by atoms with E-state index >= 15 is 0 Å². The lowest BCUT2D eigenvalue weighted by Crippen LogP contribution is -2.44. The molecule has 2 aromatic rings. The van der Waals surface area contributed by atoms with Gasteiger partial charge in [-0.05, 0) is 26.3 Å². The molecule has 0 saturated carbocycles. The molecule has 2 heterocycles. The van der Waals surface area contributed by atoms with Crippen molar-refractivity contribution in [3.8, 4) is 11.4 Å². The van der Waals surface area contributed by atoms with Crippen molar-refractivity contribution in [1.82, 2.24) is 20.2 Å². The number of rotatable bonds is 6. The number of imidazole rings is 1. The van der Waals surface area contributed by atoms with Gasteiger partial charge in [0, 0.05) is 30.9 Å². The predicted octanol–water partition coefficient (Wildman–Crippen LogP) is 1.31. The molecule has 0 spiro atoms. The van der Waals surface area contributed by atoms with Crippen LogP contribution in [0.2, 0.25) is 0 Å². The maximum atomic E-state index is 12.4. The standard InChI is InChI=1S/C19H25N5O2/c1-13-16(23-18(22-13)14-6-3-2-4-7-14)19(26)21-9-11-24-10-5-8-15(12-24)17(20)25/h2-4,6-7,15H,5,8-12H2,1H3,(H2,20,25)(H,21,26)(H,22,23)/t15-/m0/s1. The molecular weight excluding hydrogens is 330 g/mol. The van der Waals surface area contributed by atoms with Crippen molar-refractivity contribution in [2.75, 3.05) is 26.2 Å². The highest BCUT2D eigenvalue weighted by Gasteiger charge is 2.23. The number of nitrogens with zero attached hydrogens (tertiary/aromatic N) is 2. The van der Waals surface area contributed by atoms with Crippen LogP contribution in [0.25, 0.3) is 11.4 Å². The van der Waals surface area contributed by atoms with E-state index in [9.17, 15) is 9.59 Å². The van der Waals surface area contributed by atoms with E-state index in [1.165, 1.54) is 0 Å². The topological polar surface area (TPSA) is 104 Å². The quantitative estimate of drug-likeness (QED) is 0.727. The summed E-state index contributed by atoms with van der Waals surface area (Å²) in [7, 11) is 0. The average Bonchev–Trinajstić information content (AvgIpc) is 3.04. The Morgan fingerprint density at radius 2 is 2.12 bits per heavy atom. The Kier molecular flexibility index (Phi) is 5.68. The van der Waals surface area contributed by atoms with Gasteiger partial charge < -0.3 is 20.9 Å². The normalized spacial score (nSPS) is 17.8. The number of H-pyrrole nitrogens is 1. The second-order valence-electron chi connectivity index (χ2n) is 6.72. The molecule has 3 rings (SSSR count). The Labute approximate surface area is 153 Å². The number of hydrogen-bond acceptors (Lipinski definition) is 4. The zero-order valence-corrected chi connectivity index (χ0v) is 15.0. The number of carbonyl (C=O) groups is 2. The molecule has 1 fully saturated rings. The molecule has 0 radical (unpaired) electrons. The van der Waals surface area contributed by atoms with Crippen LogP contribution in [0.3, 0.4) is 0 Å². The van der Waals surface area contributed by atoms with Crippen LogP contribution < -0.4 is 11.1 Å². The second-order valence-corrected chi connectivity index (χ2v) is 6.72. The predicted molar refractivity (Wildman–Crippen MR) is 99.5 cm³/mol. The molecular formula is C19H25N5O2. The minimum absolute atomic E-state index is 0.0820. The van der Waals surface area contributed by atoms with Gasteiger partial charge in [-0.1, -0.05) is 30.3 Å². The summed E-state index contributed by atoms with van der Waals surface area (Å²) < 4.78 is 0. The molecule has 26 heavy (non-hydrogen) atoms. The van der Waals surface area contributed by atoms with Crippen molar-refractivity contribution in [1.29, 1.82) is 0 Å². The molecule has 1 atom stereocenters. The second kappa shape index (κ2) is 8.14. The summed E-state index contributed by atoms with van der Waals surface area (Å²) >= 11 is 0. The third-order valence-electron chi connectivity index (χ3n) is 4.77. The van der Waals surface area contributed by atoms with E-state index in [-0.39, 0.29) is 17.7 Å². The molecule has 1 aromatic heterocycles. The number of nitrogens with two attached hydrogens (primary N) is 1. The lowest BCUT2D eigenvalue weighted by atomic mass is 9.97. The number of amides is 2. The molecule has 1 saturated heterocycles. The molecule has 0 bridgehead atoms. The van der Waals surface area contributed by atoms with Crippen LogP contribution in [0.4, 0.5) is 0 Å². The van der Waals surface area contributed by atoms with Gasteiger partial charge in [0.1, 0.15) is 11.5 Å². The van der Waals surface area contributed by atoms with Crippen molar-refractivity contribution in [3.63, 3.8) is 0 Å². The Morgan fingerprint density at radius 3 is 2.85 bits per heavy atom. The first kappa shape index (κ1) is 18.1. The number of primary amides is 1. The highest BCUT2D eigenvalue weighted by Crippen LogP contribution is 2.18. The monoisotopic (exact) mass is 355 g/mol. The first-order valence-corrected chi connectivity index (χ1v) is 8.96. The summed E-state index contributed by atoms with van der Waals surface area (Å²) in [5.41, 5.74) is 7.51. The minimum atomic E-state index is -0.237. The van der Waals surface area contributed by atoms with Gasteiger partial charge in [-0.3, -0.25) is 9.59 Å². The van der Waals surface area contributed by atoms with E-state index in [2.05, 4.69) is 20.2 Å². The molecule has 0 unspecified atom stereocenters. The van der Waals surface area contributed by atoms with E-state index in [0.717, 1.165) is 30.6 Å². The minimum Gasteiger partial charge on any atom is -0.369 e. The van der Waals surface area contributed by atoms with Crippen molar-refractivity contribution >= 4 is 11.8 Å². The van der Waals surface area contributed by atoms with E-state index in [1.54, 1.807) is 0 Å². The maximum absolute atomic E-state index is 12.4. The fraction of sp³-hybridized carbons (Fsp3) is 0.421. The highest BCUT2D eigenvalue weighted by molar-refractivity contribution is 5.94. The van der Waals surface area contributed by atoms with Crippen LogP contribution in [0, 0.1) is 12.8 Å². The molecule has 1 aliphatic heterocycles.